The van der Waals surface area contributed by atoms with Gasteiger partial charge in [-0.1, -0.05) is 30.7 Å². The first-order valence-electron chi connectivity index (χ1n) is 9.94. The van der Waals surface area contributed by atoms with E-state index in [9.17, 15) is 10.1 Å². The topological polar surface area (TPSA) is 57.3 Å². The number of aryl methyl sites for hydroxylation is 1. The Morgan fingerprint density at radius 1 is 1.19 bits per heavy atom. The fraction of sp³-hybridized carbons (Fsp3) is 0.455. The molecular weight excluding hydrogens is 354 g/mol. The summed E-state index contributed by atoms with van der Waals surface area (Å²) in [5.74, 6) is 0.0253. The maximum Gasteiger partial charge on any atom is 0.283 e. The van der Waals surface area contributed by atoms with Crippen molar-refractivity contribution in [3.63, 3.8) is 0 Å². The van der Waals surface area contributed by atoms with Crippen LogP contribution < -0.4 is 10.2 Å². The van der Waals surface area contributed by atoms with E-state index in [0.717, 1.165) is 43.8 Å². The molecule has 1 amide bonds. The Labute approximate surface area is 164 Å². The number of amides is 1. The smallest absolute Gasteiger partial charge is 0.283 e. The number of thiophene rings is 1. The third kappa shape index (κ3) is 3.65. The lowest BCUT2D eigenvalue weighted by Crippen LogP contribution is -3.16. The van der Waals surface area contributed by atoms with Crippen molar-refractivity contribution in [3.05, 3.63) is 51.4 Å². The molecule has 2 atom stereocenters. The van der Waals surface area contributed by atoms with E-state index in [1.54, 1.807) is 11.3 Å². The van der Waals surface area contributed by atoms with Crippen LogP contribution >= 0.6 is 11.3 Å². The van der Waals surface area contributed by atoms with E-state index in [4.69, 9.17) is 0 Å². The van der Waals surface area contributed by atoms with Gasteiger partial charge in [-0.25, -0.2) is 0 Å². The lowest BCUT2D eigenvalue weighted by molar-refractivity contribution is -0.929. The first kappa shape index (κ1) is 18.2. The highest BCUT2D eigenvalue weighted by molar-refractivity contribution is 7.16. The summed E-state index contributed by atoms with van der Waals surface area (Å²) in [6.45, 7) is 3.86. The first-order chi connectivity index (χ1) is 13.2. The second kappa shape index (κ2) is 7.84. The summed E-state index contributed by atoms with van der Waals surface area (Å²) in [6.07, 6.45) is 6.56. The monoisotopic (exact) mass is 380 g/mol. The van der Waals surface area contributed by atoms with Crippen LogP contribution in [0.25, 0.3) is 0 Å². The minimum Gasteiger partial charge on any atom is -0.321 e. The van der Waals surface area contributed by atoms with Crippen LogP contribution in [-0.2, 0) is 30.6 Å². The van der Waals surface area contributed by atoms with Crippen molar-refractivity contribution >= 4 is 22.2 Å². The molecule has 0 saturated heterocycles. The van der Waals surface area contributed by atoms with Crippen LogP contribution in [0.2, 0.25) is 0 Å². The molecule has 1 aromatic carbocycles. The van der Waals surface area contributed by atoms with Gasteiger partial charge in [0.05, 0.1) is 12.1 Å². The molecule has 0 radical (unpaired) electrons. The quantitative estimate of drug-likeness (QED) is 0.805. The number of quaternary nitrogens is 1. The van der Waals surface area contributed by atoms with Gasteiger partial charge >= 0.3 is 0 Å². The van der Waals surface area contributed by atoms with E-state index in [1.165, 1.54) is 39.3 Å². The Kier molecular flexibility index (Phi) is 5.29. The summed E-state index contributed by atoms with van der Waals surface area (Å²) in [7, 11) is 0. The summed E-state index contributed by atoms with van der Waals surface area (Å²) in [4.78, 5) is 15.5. The van der Waals surface area contributed by atoms with Crippen LogP contribution in [0.5, 0.6) is 0 Å². The van der Waals surface area contributed by atoms with Gasteiger partial charge in [-0.2, -0.15) is 5.26 Å². The molecule has 1 aliphatic carbocycles. The minimum atomic E-state index is -0.133. The Bertz CT molecular complexity index is 895. The molecule has 0 spiro atoms. The Morgan fingerprint density at radius 2 is 1.96 bits per heavy atom. The summed E-state index contributed by atoms with van der Waals surface area (Å²) < 4.78 is 0. The van der Waals surface area contributed by atoms with Gasteiger partial charge in [0.25, 0.3) is 5.91 Å². The highest BCUT2D eigenvalue weighted by Crippen LogP contribution is 2.37. The number of carbonyl (C=O) groups is 1. The fourth-order valence-electron chi connectivity index (χ4n) is 4.33. The lowest BCUT2D eigenvalue weighted by atomic mass is 9.99. The first-order valence-corrected chi connectivity index (χ1v) is 10.8. The molecule has 0 saturated carbocycles. The number of rotatable bonds is 3. The highest BCUT2D eigenvalue weighted by Gasteiger charge is 2.30. The van der Waals surface area contributed by atoms with Crippen LogP contribution in [-0.4, -0.2) is 18.5 Å². The Morgan fingerprint density at radius 3 is 2.78 bits per heavy atom. The van der Waals surface area contributed by atoms with Gasteiger partial charge in [-0.05, 0) is 43.7 Å². The standard InChI is InChI=1S/C22H25N3OS/c1-15(25-12-11-16-7-5-6-8-17(16)14-25)21(26)24-22-19(13-23)18-9-3-2-4-10-20(18)27-22/h5-8,15H,2-4,9-12,14H2,1H3,(H,24,26)/p+1/t15-/m0/s1. The van der Waals surface area contributed by atoms with Gasteiger partial charge < -0.3 is 10.2 Å². The molecule has 4 rings (SSSR count). The average Bonchev–Trinajstić information content (AvgIpc) is 2.86. The zero-order chi connectivity index (χ0) is 18.8. The van der Waals surface area contributed by atoms with Gasteiger partial charge in [0.2, 0.25) is 0 Å². The van der Waals surface area contributed by atoms with E-state index < -0.39 is 0 Å². The summed E-state index contributed by atoms with van der Waals surface area (Å²) in [6, 6.07) is 10.7. The Hall–Kier alpha value is -2.16. The van der Waals surface area contributed by atoms with E-state index in [2.05, 4.69) is 35.7 Å². The number of anilines is 1. The van der Waals surface area contributed by atoms with E-state index in [0.29, 0.717) is 5.56 Å². The van der Waals surface area contributed by atoms with Crippen molar-refractivity contribution in [2.45, 2.75) is 58.0 Å². The summed E-state index contributed by atoms with van der Waals surface area (Å²) >= 11 is 1.62. The molecule has 1 aromatic heterocycles. The molecule has 140 valence electrons. The molecule has 1 aliphatic heterocycles. The van der Waals surface area contributed by atoms with Crippen LogP contribution in [0.1, 0.15) is 53.3 Å². The van der Waals surface area contributed by atoms with Crippen LogP contribution in [0.4, 0.5) is 5.00 Å². The minimum absolute atomic E-state index is 0.0253. The second-order valence-corrected chi connectivity index (χ2v) is 8.80. The molecule has 27 heavy (non-hydrogen) atoms. The molecule has 2 heterocycles. The van der Waals surface area contributed by atoms with Gasteiger partial charge in [-0.3, -0.25) is 4.79 Å². The predicted molar refractivity (Wildman–Crippen MR) is 108 cm³/mol. The van der Waals surface area contributed by atoms with Crippen molar-refractivity contribution in [2.75, 3.05) is 11.9 Å². The summed E-state index contributed by atoms with van der Waals surface area (Å²) in [5, 5.41) is 13.5. The van der Waals surface area contributed by atoms with Gasteiger partial charge in [-0.15, -0.1) is 11.3 Å². The SMILES string of the molecule is C[C@@H](C(=O)Nc1sc2c(c1C#N)CCCCC2)[NH+]1CCc2ccccc2C1. The molecule has 2 aliphatic rings. The number of fused-ring (bicyclic) bond motifs is 2. The van der Waals surface area contributed by atoms with Crippen molar-refractivity contribution in [2.24, 2.45) is 0 Å². The number of nitrogens with one attached hydrogen (secondary N) is 2. The maximum absolute atomic E-state index is 12.9. The molecule has 4 nitrogen and oxygen atoms in total. The number of hydrogen-bond donors (Lipinski definition) is 2. The number of benzene rings is 1. The van der Waals surface area contributed by atoms with Crippen molar-refractivity contribution in [1.29, 1.82) is 5.26 Å². The largest absolute Gasteiger partial charge is 0.321 e. The van der Waals surface area contributed by atoms with Gasteiger partial charge in [0.15, 0.2) is 6.04 Å². The summed E-state index contributed by atoms with van der Waals surface area (Å²) in [5.41, 5.74) is 4.64. The molecule has 2 aromatic rings. The number of nitriles is 1. The van der Waals surface area contributed by atoms with Crippen molar-refractivity contribution in [1.82, 2.24) is 0 Å². The Balaban J connectivity index is 1.49. The second-order valence-electron chi connectivity index (χ2n) is 7.70. The maximum atomic E-state index is 12.9. The van der Waals surface area contributed by atoms with E-state index >= 15 is 0 Å². The number of nitrogens with zero attached hydrogens (tertiary/aromatic N) is 1. The zero-order valence-electron chi connectivity index (χ0n) is 15.8. The van der Waals surface area contributed by atoms with Crippen molar-refractivity contribution in [3.8, 4) is 6.07 Å². The average molecular weight is 381 g/mol. The van der Waals surface area contributed by atoms with E-state index in [-0.39, 0.29) is 11.9 Å². The lowest BCUT2D eigenvalue weighted by Gasteiger charge is -2.29. The number of carbonyl (C=O) groups excluding carboxylic acids is 1. The third-order valence-electron chi connectivity index (χ3n) is 6.03. The van der Waals surface area contributed by atoms with Gasteiger partial charge in [0, 0.05) is 16.9 Å². The van der Waals surface area contributed by atoms with Crippen molar-refractivity contribution < 1.29 is 9.69 Å². The van der Waals surface area contributed by atoms with Crippen LogP contribution in [0, 0.1) is 11.3 Å². The molecular formula is C22H26N3OS+. The molecule has 1 unspecified atom stereocenters. The predicted octanol–water partition coefficient (Wildman–Crippen LogP) is 2.86. The fourth-order valence-corrected chi connectivity index (χ4v) is 5.57. The molecule has 5 heteroatoms. The van der Waals surface area contributed by atoms with Gasteiger partial charge in [0.1, 0.15) is 17.6 Å². The molecule has 0 fully saturated rings. The van der Waals surface area contributed by atoms with E-state index in [1.807, 2.05) is 6.92 Å². The molecule has 0 bridgehead atoms. The molecule has 2 N–H and O–H groups in total. The normalized spacial score (nSPS) is 19.9. The van der Waals surface area contributed by atoms with Crippen LogP contribution in [0.15, 0.2) is 24.3 Å². The number of hydrogen-bond acceptors (Lipinski definition) is 3. The third-order valence-corrected chi connectivity index (χ3v) is 7.23. The van der Waals surface area contributed by atoms with Crippen LogP contribution in [0.3, 0.4) is 0 Å². The zero-order valence-corrected chi connectivity index (χ0v) is 16.6. The highest BCUT2D eigenvalue weighted by atomic mass is 32.1.